The molecule has 1 saturated carbocycles. The number of rotatable bonds is 4. The van der Waals surface area contributed by atoms with Crippen LogP contribution in [0.3, 0.4) is 0 Å². The van der Waals surface area contributed by atoms with Crippen LogP contribution in [0.5, 0.6) is 0 Å². The van der Waals surface area contributed by atoms with Crippen molar-refractivity contribution < 1.29 is 14.3 Å². The summed E-state index contributed by atoms with van der Waals surface area (Å²) in [6.07, 6.45) is 5.16. The molecule has 17 heavy (non-hydrogen) atoms. The Labute approximate surface area is 103 Å². The van der Waals surface area contributed by atoms with Crippen LogP contribution in [0.2, 0.25) is 0 Å². The number of carbonyl (C=O) groups is 1. The molecule has 2 rings (SSSR count). The molecule has 1 heterocycles. The average molecular weight is 241 g/mol. The Morgan fingerprint density at radius 1 is 1.41 bits per heavy atom. The SMILES string of the molecule is CCOCCC(=O)N1CCOCC12CCCC2. The number of hydrogen-bond acceptors (Lipinski definition) is 3. The van der Waals surface area contributed by atoms with Crippen molar-refractivity contribution in [3.8, 4) is 0 Å². The summed E-state index contributed by atoms with van der Waals surface area (Å²) in [6.45, 7) is 5.35. The predicted octanol–water partition coefficient (Wildman–Crippen LogP) is 1.58. The van der Waals surface area contributed by atoms with Crippen LogP contribution < -0.4 is 0 Å². The van der Waals surface area contributed by atoms with Gasteiger partial charge in [0.15, 0.2) is 0 Å². The molecule has 0 bridgehead atoms. The van der Waals surface area contributed by atoms with Crippen molar-refractivity contribution in [2.75, 3.05) is 33.0 Å². The van der Waals surface area contributed by atoms with Gasteiger partial charge in [0.05, 0.1) is 31.8 Å². The van der Waals surface area contributed by atoms with Gasteiger partial charge in [-0.3, -0.25) is 4.79 Å². The number of ether oxygens (including phenoxy) is 2. The average Bonchev–Trinajstić information content (AvgIpc) is 2.79. The lowest BCUT2D eigenvalue weighted by molar-refractivity contribution is -0.150. The molecule has 0 unspecified atom stereocenters. The van der Waals surface area contributed by atoms with Crippen LogP contribution in [0, 0.1) is 0 Å². The highest BCUT2D eigenvalue weighted by atomic mass is 16.5. The molecular weight excluding hydrogens is 218 g/mol. The van der Waals surface area contributed by atoms with E-state index >= 15 is 0 Å². The van der Waals surface area contributed by atoms with Gasteiger partial charge in [-0.2, -0.15) is 0 Å². The van der Waals surface area contributed by atoms with E-state index in [4.69, 9.17) is 9.47 Å². The third-order valence-corrected chi connectivity index (χ3v) is 3.90. The van der Waals surface area contributed by atoms with Gasteiger partial charge >= 0.3 is 0 Å². The fourth-order valence-corrected chi connectivity index (χ4v) is 3.01. The molecule has 0 radical (unpaired) electrons. The zero-order chi connectivity index (χ0) is 12.1. The van der Waals surface area contributed by atoms with E-state index in [0.717, 1.165) is 26.0 Å². The summed E-state index contributed by atoms with van der Waals surface area (Å²) in [5.74, 6) is 0.239. The van der Waals surface area contributed by atoms with E-state index in [2.05, 4.69) is 4.90 Å². The largest absolute Gasteiger partial charge is 0.381 e. The van der Waals surface area contributed by atoms with Crippen molar-refractivity contribution in [1.29, 1.82) is 0 Å². The summed E-state index contributed by atoms with van der Waals surface area (Å²) in [5, 5.41) is 0. The Hall–Kier alpha value is -0.610. The smallest absolute Gasteiger partial charge is 0.225 e. The molecule has 1 amide bonds. The number of hydrogen-bond donors (Lipinski definition) is 0. The van der Waals surface area contributed by atoms with Crippen LogP contribution in [-0.2, 0) is 14.3 Å². The van der Waals surface area contributed by atoms with E-state index in [9.17, 15) is 4.79 Å². The van der Waals surface area contributed by atoms with E-state index in [0.29, 0.717) is 26.2 Å². The summed E-state index contributed by atoms with van der Waals surface area (Å²) >= 11 is 0. The molecule has 2 aliphatic rings. The molecule has 0 atom stereocenters. The first-order valence-corrected chi connectivity index (χ1v) is 6.74. The second-order valence-electron chi connectivity index (χ2n) is 4.98. The first-order chi connectivity index (χ1) is 8.28. The van der Waals surface area contributed by atoms with Gasteiger partial charge in [0.1, 0.15) is 0 Å². The quantitative estimate of drug-likeness (QED) is 0.702. The van der Waals surface area contributed by atoms with Crippen LogP contribution in [0.25, 0.3) is 0 Å². The number of carbonyl (C=O) groups excluding carboxylic acids is 1. The first kappa shape index (κ1) is 12.8. The lowest BCUT2D eigenvalue weighted by Crippen LogP contribution is -2.57. The third-order valence-electron chi connectivity index (χ3n) is 3.90. The minimum atomic E-state index is 0.0154. The summed E-state index contributed by atoms with van der Waals surface area (Å²) in [5.41, 5.74) is 0.0154. The molecule has 0 aromatic rings. The molecule has 4 nitrogen and oxygen atoms in total. The van der Waals surface area contributed by atoms with Gasteiger partial charge in [-0.1, -0.05) is 12.8 Å². The lowest BCUT2D eigenvalue weighted by Gasteiger charge is -2.44. The minimum absolute atomic E-state index is 0.0154. The first-order valence-electron chi connectivity index (χ1n) is 6.74. The second kappa shape index (κ2) is 5.83. The summed E-state index contributed by atoms with van der Waals surface area (Å²) in [4.78, 5) is 14.3. The number of amides is 1. The maximum absolute atomic E-state index is 12.2. The van der Waals surface area contributed by atoms with E-state index in [1.54, 1.807) is 0 Å². The van der Waals surface area contributed by atoms with Crippen molar-refractivity contribution in [2.24, 2.45) is 0 Å². The Balaban J connectivity index is 1.93. The summed E-state index contributed by atoms with van der Waals surface area (Å²) in [6, 6.07) is 0. The predicted molar refractivity (Wildman–Crippen MR) is 64.8 cm³/mol. The molecule has 1 aliphatic carbocycles. The van der Waals surface area contributed by atoms with Crippen molar-refractivity contribution in [1.82, 2.24) is 4.90 Å². The zero-order valence-electron chi connectivity index (χ0n) is 10.7. The molecular formula is C13H23NO3. The Kier molecular flexibility index (Phi) is 4.40. The van der Waals surface area contributed by atoms with Gasteiger partial charge in [0, 0.05) is 13.2 Å². The maximum atomic E-state index is 12.2. The van der Waals surface area contributed by atoms with Gasteiger partial charge in [-0.25, -0.2) is 0 Å². The standard InChI is InChI=1S/C13H23NO3/c1-2-16-9-5-12(15)14-8-10-17-11-13(14)6-3-4-7-13/h2-11H2,1H3. The van der Waals surface area contributed by atoms with Gasteiger partial charge in [0.2, 0.25) is 5.91 Å². The van der Waals surface area contributed by atoms with Gasteiger partial charge in [0.25, 0.3) is 0 Å². The Bertz CT molecular complexity index is 261. The minimum Gasteiger partial charge on any atom is -0.381 e. The molecule has 98 valence electrons. The van der Waals surface area contributed by atoms with Gasteiger partial charge in [-0.05, 0) is 19.8 Å². The topological polar surface area (TPSA) is 38.8 Å². The highest BCUT2D eigenvalue weighted by molar-refractivity contribution is 5.77. The highest BCUT2D eigenvalue weighted by Crippen LogP contribution is 2.37. The normalized spacial score (nSPS) is 23.2. The van der Waals surface area contributed by atoms with Crippen molar-refractivity contribution >= 4 is 5.91 Å². The molecule has 4 heteroatoms. The highest BCUT2D eigenvalue weighted by Gasteiger charge is 2.43. The van der Waals surface area contributed by atoms with Crippen LogP contribution in [0.15, 0.2) is 0 Å². The van der Waals surface area contributed by atoms with Crippen LogP contribution in [0.1, 0.15) is 39.0 Å². The Morgan fingerprint density at radius 2 is 2.18 bits per heavy atom. The van der Waals surface area contributed by atoms with Gasteiger partial charge < -0.3 is 14.4 Å². The molecule has 0 N–H and O–H groups in total. The van der Waals surface area contributed by atoms with E-state index < -0.39 is 0 Å². The zero-order valence-corrected chi connectivity index (χ0v) is 10.7. The van der Waals surface area contributed by atoms with Gasteiger partial charge in [-0.15, -0.1) is 0 Å². The Morgan fingerprint density at radius 3 is 2.88 bits per heavy atom. The monoisotopic (exact) mass is 241 g/mol. The summed E-state index contributed by atoms with van der Waals surface area (Å²) in [7, 11) is 0. The van der Waals surface area contributed by atoms with E-state index in [1.165, 1.54) is 12.8 Å². The molecule has 0 aromatic carbocycles. The molecule has 1 spiro atoms. The molecule has 1 aliphatic heterocycles. The third kappa shape index (κ3) is 2.80. The second-order valence-corrected chi connectivity index (χ2v) is 4.98. The van der Waals surface area contributed by atoms with E-state index in [-0.39, 0.29) is 11.4 Å². The van der Waals surface area contributed by atoms with Crippen molar-refractivity contribution in [2.45, 2.75) is 44.6 Å². The van der Waals surface area contributed by atoms with E-state index in [1.807, 2.05) is 6.92 Å². The number of nitrogens with zero attached hydrogens (tertiary/aromatic N) is 1. The summed E-state index contributed by atoms with van der Waals surface area (Å²) < 4.78 is 10.9. The molecule has 1 saturated heterocycles. The lowest BCUT2D eigenvalue weighted by atomic mass is 9.94. The molecule has 0 aromatic heterocycles. The maximum Gasteiger partial charge on any atom is 0.225 e. The van der Waals surface area contributed by atoms with Crippen LogP contribution >= 0.6 is 0 Å². The van der Waals surface area contributed by atoms with Crippen LogP contribution in [-0.4, -0.2) is 49.3 Å². The van der Waals surface area contributed by atoms with Crippen molar-refractivity contribution in [3.05, 3.63) is 0 Å². The molecule has 2 fully saturated rings. The fourth-order valence-electron chi connectivity index (χ4n) is 3.01. The number of morpholine rings is 1. The van der Waals surface area contributed by atoms with Crippen LogP contribution in [0.4, 0.5) is 0 Å². The fraction of sp³-hybridized carbons (Fsp3) is 0.923. The van der Waals surface area contributed by atoms with Crippen molar-refractivity contribution in [3.63, 3.8) is 0 Å².